The van der Waals surface area contributed by atoms with Crippen molar-refractivity contribution in [1.82, 2.24) is 5.32 Å². The van der Waals surface area contributed by atoms with Gasteiger partial charge in [-0.15, -0.1) is 0 Å². The van der Waals surface area contributed by atoms with Gasteiger partial charge in [0.25, 0.3) is 0 Å². The van der Waals surface area contributed by atoms with Gasteiger partial charge in [-0.1, -0.05) is 6.07 Å². The second-order valence-electron chi connectivity index (χ2n) is 4.20. The lowest BCUT2D eigenvalue weighted by Gasteiger charge is -2.13. The second-order valence-corrected chi connectivity index (χ2v) is 4.20. The van der Waals surface area contributed by atoms with E-state index in [1.807, 2.05) is 0 Å². The third kappa shape index (κ3) is 3.64. The van der Waals surface area contributed by atoms with Gasteiger partial charge in [0.2, 0.25) is 5.82 Å². The highest BCUT2D eigenvalue weighted by Gasteiger charge is 2.21. The van der Waals surface area contributed by atoms with Gasteiger partial charge in [-0.2, -0.15) is 4.39 Å². The molecule has 1 aromatic carbocycles. The van der Waals surface area contributed by atoms with Gasteiger partial charge in [-0.25, -0.2) is 4.39 Å². The van der Waals surface area contributed by atoms with Gasteiger partial charge in [-0.05, 0) is 25.0 Å². The van der Waals surface area contributed by atoms with E-state index in [1.54, 1.807) is 0 Å². The Morgan fingerprint density at radius 1 is 1.41 bits per heavy atom. The van der Waals surface area contributed by atoms with Crippen LogP contribution in [0.1, 0.15) is 12.8 Å². The van der Waals surface area contributed by atoms with Gasteiger partial charge in [-0.3, -0.25) is 0 Å². The van der Waals surface area contributed by atoms with E-state index in [9.17, 15) is 13.9 Å². The average molecular weight is 243 g/mol. The number of ether oxygens (including phenoxy) is 1. The standard InChI is InChI=1S/C12H15F2NO2/c13-10-2-1-3-11(12(10)14)17-7-9(16)6-15-8-4-5-8/h1-3,8-9,15-16H,4-7H2. The van der Waals surface area contributed by atoms with Gasteiger partial charge in [0.15, 0.2) is 11.6 Å². The molecule has 0 saturated heterocycles. The van der Waals surface area contributed by atoms with Crippen LogP contribution in [0.4, 0.5) is 8.78 Å². The Morgan fingerprint density at radius 3 is 2.88 bits per heavy atom. The van der Waals surface area contributed by atoms with Crippen molar-refractivity contribution in [3.05, 3.63) is 29.8 Å². The summed E-state index contributed by atoms with van der Waals surface area (Å²) in [6.45, 7) is 0.349. The summed E-state index contributed by atoms with van der Waals surface area (Å²) < 4.78 is 31.0. The Morgan fingerprint density at radius 2 is 2.18 bits per heavy atom. The highest BCUT2D eigenvalue weighted by molar-refractivity contribution is 5.25. The Bertz CT molecular complexity index is 383. The van der Waals surface area contributed by atoms with Crippen molar-refractivity contribution in [2.24, 2.45) is 0 Å². The maximum Gasteiger partial charge on any atom is 0.200 e. The molecule has 1 saturated carbocycles. The van der Waals surface area contributed by atoms with E-state index >= 15 is 0 Å². The fraction of sp³-hybridized carbons (Fsp3) is 0.500. The molecule has 1 aliphatic rings. The van der Waals surface area contributed by atoms with Crippen LogP contribution in [0.25, 0.3) is 0 Å². The predicted molar refractivity (Wildman–Crippen MR) is 58.9 cm³/mol. The molecule has 2 rings (SSSR count). The Kier molecular flexibility index (Phi) is 3.91. The van der Waals surface area contributed by atoms with E-state index in [2.05, 4.69) is 5.32 Å². The molecule has 0 bridgehead atoms. The molecule has 0 heterocycles. The number of aliphatic hydroxyl groups excluding tert-OH is 1. The molecule has 1 aromatic rings. The van der Waals surface area contributed by atoms with Crippen molar-refractivity contribution >= 4 is 0 Å². The molecular weight excluding hydrogens is 228 g/mol. The van der Waals surface area contributed by atoms with Gasteiger partial charge in [0, 0.05) is 12.6 Å². The first-order valence-corrected chi connectivity index (χ1v) is 5.65. The third-order valence-electron chi connectivity index (χ3n) is 2.57. The first-order chi connectivity index (χ1) is 8.16. The summed E-state index contributed by atoms with van der Waals surface area (Å²) in [5, 5.41) is 12.7. The van der Waals surface area contributed by atoms with Crippen LogP contribution in [0.2, 0.25) is 0 Å². The lowest BCUT2D eigenvalue weighted by molar-refractivity contribution is 0.103. The fourth-order valence-corrected chi connectivity index (χ4v) is 1.43. The van der Waals surface area contributed by atoms with Gasteiger partial charge >= 0.3 is 0 Å². The highest BCUT2D eigenvalue weighted by atomic mass is 19.2. The summed E-state index contributed by atoms with van der Waals surface area (Å²) in [6.07, 6.45) is 1.54. The first kappa shape index (κ1) is 12.3. The van der Waals surface area contributed by atoms with E-state index in [4.69, 9.17) is 4.74 Å². The lowest BCUT2D eigenvalue weighted by atomic mass is 10.3. The molecule has 0 aromatic heterocycles. The number of nitrogens with one attached hydrogen (secondary N) is 1. The van der Waals surface area contributed by atoms with E-state index < -0.39 is 17.7 Å². The zero-order valence-corrected chi connectivity index (χ0v) is 9.33. The number of benzene rings is 1. The minimum absolute atomic E-state index is 0.0555. The van der Waals surface area contributed by atoms with Gasteiger partial charge in [0.05, 0.1) is 0 Å². The molecule has 0 radical (unpaired) electrons. The average Bonchev–Trinajstić information content (AvgIpc) is 3.12. The minimum Gasteiger partial charge on any atom is -0.488 e. The summed E-state index contributed by atoms with van der Waals surface area (Å²) >= 11 is 0. The Balaban J connectivity index is 1.77. The maximum absolute atomic E-state index is 13.2. The summed E-state index contributed by atoms with van der Waals surface area (Å²) in [4.78, 5) is 0. The van der Waals surface area contributed by atoms with Crippen LogP contribution < -0.4 is 10.1 Å². The fourth-order valence-electron chi connectivity index (χ4n) is 1.43. The predicted octanol–water partition coefficient (Wildman–Crippen LogP) is 1.46. The molecular formula is C12H15F2NO2. The molecule has 1 unspecified atom stereocenters. The zero-order valence-electron chi connectivity index (χ0n) is 9.33. The summed E-state index contributed by atoms with van der Waals surface area (Å²) in [6, 6.07) is 4.21. The Labute approximate surface area is 98.4 Å². The molecule has 1 aliphatic carbocycles. The molecule has 1 fully saturated rings. The van der Waals surface area contributed by atoms with E-state index in [-0.39, 0.29) is 12.4 Å². The number of rotatable bonds is 6. The molecule has 0 spiro atoms. The van der Waals surface area contributed by atoms with Crippen molar-refractivity contribution in [1.29, 1.82) is 0 Å². The topological polar surface area (TPSA) is 41.5 Å². The largest absolute Gasteiger partial charge is 0.488 e. The van der Waals surface area contributed by atoms with Crippen molar-refractivity contribution < 1.29 is 18.6 Å². The van der Waals surface area contributed by atoms with Crippen molar-refractivity contribution in [3.63, 3.8) is 0 Å². The van der Waals surface area contributed by atoms with Crippen molar-refractivity contribution in [3.8, 4) is 5.75 Å². The number of aliphatic hydroxyl groups is 1. The molecule has 0 amide bonds. The molecule has 3 nitrogen and oxygen atoms in total. The number of hydrogen-bond acceptors (Lipinski definition) is 3. The normalized spacial score (nSPS) is 16.9. The van der Waals surface area contributed by atoms with Crippen LogP contribution in [0.5, 0.6) is 5.75 Å². The SMILES string of the molecule is OC(CNC1CC1)COc1cccc(F)c1F. The van der Waals surface area contributed by atoms with Crippen LogP contribution in [-0.2, 0) is 0 Å². The second kappa shape index (κ2) is 5.42. The van der Waals surface area contributed by atoms with E-state index in [1.165, 1.54) is 12.1 Å². The smallest absolute Gasteiger partial charge is 0.200 e. The van der Waals surface area contributed by atoms with Crippen LogP contribution in [0, 0.1) is 11.6 Å². The zero-order chi connectivity index (χ0) is 12.3. The summed E-state index contributed by atoms with van der Waals surface area (Å²) in [5.41, 5.74) is 0. The van der Waals surface area contributed by atoms with Crippen molar-refractivity contribution in [2.45, 2.75) is 25.0 Å². The molecule has 94 valence electrons. The monoisotopic (exact) mass is 243 g/mol. The molecule has 0 aliphatic heterocycles. The van der Waals surface area contributed by atoms with Crippen LogP contribution in [-0.4, -0.2) is 30.4 Å². The Hall–Kier alpha value is -1.20. The van der Waals surface area contributed by atoms with Crippen LogP contribution in [0.3, 0.4) is 0 Å². The molecule has 17 heavy (non-hydrogen) atoms. The molecule has 1 atom stereocenters. The minimum atomic E-state index is -1.02. The van der Waals surface area contributed by atoms with Crippen LogP contribution in [0.15, 0.2) is 18.2 Å². The maximum atomic E-state index is 13.2. The van der Waals surface area contributed by atoms with E-state index in [0.717, 1.165) is 18.9 Å². The molecule has 2 N–H and O–H groups in total. The quantitative estimate of drug-likeness (QED) is 0.794. The molecule has 5 heteroatoms. The van der Waals surface area contributed by atoms with Gasteiger partial charge in [0.1, 0.15) is 12.7 Å². The van der Waals surface area contributed by atoms with Gasteiger partial charge < -0.3 is 15.2 Å². The first-order valence-electron chi connectivity index (χ1n) is 5.65. The lowest BCUT2D eigenvalue weighted by Crippen LogP contribution is -2.32. The third-order valence-corrected chi connectivity index (χ3v) is 2.57. The number of halogens is 2. The number of hydrogen-bond donors (Lipinski definition) is 2. The van der Waals surface area contributed by atoms with E-state index in [0.29, 0.717) is 12.6 Å². The summed E-state index contributed by atoms with van der Waals surface area (Å²) in [7, 11) is 0. The highest BCUT2D eigenvalue weighted by Crippen LogP contribution is 2.20. The summed E-state index contributed by atoms with van der Waals surface area (Å²) in [5.74, 6) is -2.14. The van der Waals surface area contributed by atoms with Crippen LogP contribution >= 0.6 is 0 Å². The van der Waals surface area contributed by atoms with Crippen molar-refractivity contribution in [2.75, 3.05) is 13.2 Å².